The van der Waals surface area contributed by atoms with Crippen molar-refractivity contribution in [3.05, 3.63) is 0 Å². The smallest absolute Gasteiger partial charge is 0.0210 e. The molecular weight excluding hydrogens is 136 g/mol. The summed E-state index contributed by atoms with van der Waals surface area (Å²) >= 11 is 0. The van der Waals surface area contributed by atoms with Gasteiger partial charge in [0.1, 0.15) is 0 Å². The van der Waals surface area contributed by atoms with Gasteiger partial charge in [-0.25, -0.2) is 0 Å². The lowest BCUT2D eigenvalue weighted by atomic mass is 10.0. The van der Waals surface area contributed by atoms with Crippen LogP contribution in [0.15, 0.2) is 0 Å². The van der Waals surface area contributed by atoms with Gasteiger partial charge in [-0.3, -0.25) is 4.90 Å². The molecule has 0 aromatic carbocycles. The van der Waals surface area contributed by atoms with Gasteiger partial charge in [0.25, 0.3) is 0 Å². The predicted molar refractivity (Wildman–Crippen MR) is 46.7 cm³/mol. The molecule has 2 heterocycles. The molecule has 0 aromatic heterocycles. The van der Waals surface area contributed by atoms with Crippen molar-refractivity contribution in [2.24, 2.45) is 0 Å². The summed E-state index contributed by atoms with van der Waals surface area (Å²) in [5.74, 6) is 0. The van der Waals surface area contributed by atoms with Crippen molar-refractivity contribution < 1.29 is 0 Å². The van der Waals surface area contributed by atoms with E-state index >= 15 is 0 Å². The summed E-state index contributed by atoms with van der Waals surface area (Å²) in [6.45, 7) is 7.13. The first-order valence-corrected chi connectivity index (χ1v) is 4.76. The molecule has 2 aliphatic rings. The minimum absolute atomic E-state index is 0.741. The largest absolute Gasteiger partial charge is 0.313 e. The molecule has 0 radical (unpaired) electrons. The van der Waals surface area contributed by atoms with Gasteiger partial charge in [-0.2, -0.15) is 0 Å². The fourth-order valence-electron chi connectivity index (χ4n) is 2.46. The van der Waals surface area contributed by atoms with E-state index in [9.17, 15) is 0 Å². The molecular formula is C9H18N2. The molecule has 1 N–H and O–H groups in total. The molecule has 11 heavy (non-hydrogen) atoms. The molecule has 0 spiro atoms. The van der Waals surface area contributed by atoms with Gasteiger partial charge in [0.2, 0.25) is 0 Å². The fourth-order valence-corrected chi connectivity index (χ4v) is 2.46. The second-order valence-electron chi connectivity index (χ2n) is 4.12. The lowest BCUT2D eigenvalue weighted by Gasteiger charge is -2.27. The van der Waals surface area contributed by atoms with Crippen LogP contribution in [0.4, 0.5) is 0 Å². The van der Waals surface area contributed by atoms with E-state index in [0.29, 0.717) is 0 Å². The van der Waals surface area contributed by atoms with Crippen LogP contribution in [0, 0.1) is 0 Å². The molecule has 2 heteroatoms. The zero-order chi connectivity index (χ0) is 7.84. The van der Waals surface area contributed by atoms with E-state index in [4.69, 9.17) is 0 Å². The first kappa shape index (κ1) is 7.56. The van der Waals surface area contributed by atoms with E-state index in [-0.39, 0.29) is 0 Å². The molecule has 0 aromatic rings. The SMILES string of the molecule is CC(C)N1C[C@@H]2CC1CCN2. The maximum Gasteiger partial charge on any atom is 0.0210 e. The number of piperidine rings is 1. The summed E-state index contributed by atoms with van der Waals surface area (Å²) in [4.78, 5) is 2.64. The number of likely N-dealkylation sites (tertiary alicyclic amines) is 1. The van der Waals surface area contributed by atoms with Crippen molar-refractivity contribution in [2.45, 2.75) is 44.8 Å². The Balaban J connectivity index is 2.03. The number of hydrogen-bond acceptors (Lipinski definition) is 2. The first-order valence-electron chi connectivity index (χ1n) is 4.76. The van der Waals surface area contributed by atoms with Gasteiger partial charge in [-0.15, -0.1) is 0 Å². The average Bonchev–Trinajstić information content (AvgIpc) is 2.27. The summed E-state index contributed by atoms with van der Waals surface area (Å²) in [6, 6.07) is 2.43. The van der Waals surface area contributed by atoms with Gasteiger partial charge in [0.05, 0.1) is 0 Å². The summed E-state index contributed by atoms with van der Waals surface area (Å²) in [5, 5.41) is 3.55. The molecule has 0 aliphatic carbocycles. The Hall–Kier alpha value is -0.0800. The van der Waals surface area contributed by atoms with Gasteiger partial charge >= 0.3 is 0 Å². The first-order chi connectivity index (χ1) is 5.27. The molecule has 64 valence electrons. The van der Waals surface area contributed by atoms with Crippen molar-refractivity contribution >= 4 is 0 Å². The van der Waals surface area contributed by atoms with Gasteiger partial charge < -0.3 is 5.32 Å². The van der Waals surface area contributed by atoms with E-state index < -0.39 is 0 Å². The van der Waals surface area contributed by atoms with Crippen molar-refractivity contribution in [1.29, 1.82) is 0 Å². The second kappa shape index (κ2) is 2.76. The third-order valence-corrected chi connectivity index (χ3v) is 3.03. The van der Waals surface area contributed by atoms with E-state index in [2.05, 4.69) is 24.1 Å². The van der Waals surface area contributed by atoms with Crippen molar-refractivity contribution in [3.8, 4) is 0 Å². The van der Waals surface area contributed by atoms with Gasteiger partial charge in [0, 0.05) is 24.7 Å². The zero-order valence-corrected chi connectivity index (χ0v) is 7.51. The van der Waals surface area contributed by atoms with Crippen LogP contribution >= 0.6 is 0 Å². The van der Waals surface area contributed by atoms with Crippen LogP contribution < -0.4 is 5.32 Å². The Morgan fingerprint density at radius 3 is 2.91 bits per heavy atom. The van der Waals surface area contributed by atoms with Crippen LogP contribution in [0.2, 0.25) is 0 Å². The number of fused-ring (bicyclic) bond motifs is 2. The minimum atomic E-state index is 0.741. The molecule has 2 saturated heterocycles. The second-order valence-corrected chi connectivity index (χ2v) is 4.12. The average molecular weight is 154 g/mol. The highest BCUT2D eigenvalue weighted by Gasteiger charge is 2.35. The molecule has 2 nitrogen and oxygen atoms in total. The van der Waals surface area contributed by atoms with E-state index in [0.717, 1.165) is 18.1 Å². The molecule has 0 saturated carbocycles. The third kappa shape index (κ3) is 1.30. The zero-order valence-electron chi connectivity index (χ0n) is 7.51. The Morgan fingerprint density at radius 1 is 1.45 bits per heavy atom. The van der Waals surface area contributed by atoms with Crippen LogP contribution in [0.1, 0.15) is 26.7 Å². The standard InChI is InChI=1S/C9H18N2/c1-7(2)11-6-8-5-9(11)3-4-10-8/h7-10H,3-6H2,1-2H3/t8-,9?/m0/s1. The third-order valence-electron chi connectivity index (χ3n) is 3.03. The van der Waals surface area contributed by atoms with E-state index in [1.54, 1.807) is 0 Å². The topological polar surface area (TPSA) is 15.3 Å². The Kier molecular flexibility index (Phi) is 1.90. The van der Waals surface area contributed by atoms with Crippen LogP contribution in [0.3, 0.4) is 0 Å². The van der Waals surface area contributed by atoms with Crippen molar-refractivity contribution in [2.75, 3.05) is 13.1 Å². The Labute approximate surface area is 69.0 Å². The quantitative estimate of drug-likeness (QED) is 0.602. The van der Waals surface area contributed by atoms with Gasteiger partial charge in [0.15, 0.2) is 0 Å². The highest BCUT2D eigenvalue weighted by atomic mass is 15.2. The molecule has 2 aliphatic heterocycles. The molecule has 2 bridgehead atoms. The summed E-state index contributed by atoms with van der Waals surface area (Å²) in [7, 11) is 0. The normalized spacial score (nSPS) is 38.5. The maximum atomic E-state index is 3.55. The summed E-state index contributed by atoms with van der Waals surface area (Å²) in [5.41, 5.74) is 0. The number of nitrogens with zero attached hydrogens (tertiary/aromatic N) is 1. The molecule has 2 atom stereocenters. The van der Waals surface area contributed by atoms with E-state index in [1.165, 1.54) is 25.9 Å². The molecule has 1 unspecified atom stereocenters. The molecule has 2 rings (SSSR count). The lowest BCUT2D eigenvalue weighted by Crippen LogP contribution is -2.36. The van der Waals surface area contributed by atoms with Gasteiger partial charge in [-0.1, -0.05) is 0 Å². The summed E-state index contributed by atoms with van der Waals surface area (Å²) in [6.07, 6.45) is 2.74. The van der Waals surface area contributed by atoms with E-state index in [1.807, 2.05) is 0 Å². The van der Waals surface area contributed by atoms with Crippen molar-refractivity contribution in [3.63, 3.8) is 0 Å². The molecule has 2 fully saturated rings. The van der Waals surface area contributed by atoms with Crippen LogP contribution in [-0.2, 0) is 0 Å². The van der Waals surface area contributed by atoms with Crippen LogP contribution in [-0.4, -0.2) is 36.1 Å². The minimum Gasteiger partial charge on any atom is -0.313 e. The number of hydrogen-bond donors (Lipinski definition) is 1. The Bertz CT molecular complexity index is 144. The maximum absolute atomic E-state index is 3.55. The summed E-state index contributed by atoms with van der Waals surface area (Å²) < 4.78 is 0. The highest BCUT2D eigenvalue weighted by Crippen LogP contribution is 2.25. The monoisotopic (exact) mass is 154 g/mol. The van der Waals surface area contributed by atoms with Crippen LogP contribution in [0.25, 0.3) is 0 Å². The highest BCUT2D eigenvalue weighted by molar-refractivity contribution is 4.94. The number of nitrogens with one attached hydrogen (secondary N) is 1. The number of rotatable bonds is 1. The predicted octanol–water partition coefficient (Wildman–Crippen LogP) is 0.831. The Morgan fingerprint density at radius 2 is 2.27 bits per heavy atom. The van der Waals surface area contributed by atoms with Crippen LogP contribution in [0.5, 0.6) is 0 Å². The van der Waals surface area contributed by atoms with Gasteiger partial charge in [-0.05, 0) is 33.2 Å². The molecule has 0 amide bonds. The lowest BCUT2D eigenvalue weighted by molar-refractivity contribution is 0.200. The van der Waals surface area contributed by atoms with Crippen molar-refractivity contribution in [1.82, 2.24) is 10.2 Å². The fraction of sp³-hybridized carbons (Fsp3) is 1.00.